The van der Waals surface area contributed by atoms with E-state index in [1.807, 2.05) is 55.1 Å². The van der Waals surface area contributed by atoms with Gasteiger partial charge in [-0.15, -0.1) is 0 Å². The summed E-state index contributed by atoms with van der Waals surface area (Å²) >= 11 is 5.94. The van der Waals surface area contributed by atoms with Crippen LogP contribution < -0.4 is 15.0 Å². The molecule has 4 aromatic rings. The van der Waals surface area contributed by atoms with Crippen molar-refractivity contribution in [1.29, 1.82) is 0 Å². The Balaban J connectivity index is 1.39. The highest BCUT2D eigenvalue weighted by Crippen LogP contribution is 2.26. The Bertz CT molecular complexity index is 1660. The average molecular weight is 632 g/mol. The number of carbonyl (C=O) groups excluding carboxylic acids is 1. The van der Waals surface area contributed by atoms with Crippen molar-refractivity contribution < 1.29 is 14.3 Å². The third-order valence-corrected chi connectivity index (χ3v) is 8.29. The first kappa shape index (κ1) is 32.5. The van der Waals surface area contributed by atoms with Crippen LogP contribution in [-0.4, -0.2) is 82.1 Å². The first-order valence-corrected chi connectivity index (χ1v) is 16.0. The predicted octanol–water partition coefficient (Wildman–Crippen LogP) is 5.39. The zero-order valence-electron chi connectivity index (χ0n) is 26.5. The first-order valence-electron chi connectivity index (χ1n) is 15.7. The van der Waals surface area contributed by atoms with Gasteiger partial charge in [-0.2, -0.15) is 0 Å². The number of fused-ring (bicyclic) bond motifs is 1. The topological polar surface area (TPSA) is 80.1 Å². The summed E-state index contributed by atoms with van der Waals surface area (Å²) in [5, 5.41) is 1.20. The van der Waals surface area contributed by atoms with Crippen molar-refractivity contribution in [3.63, 3.8) is 0 Å². The first-order chi connectivity index (χ1) is 21.7. The van der Waals surface area contributed by atoms with Gasteiger partial charge >= 0.3 is 0 Å². The van der Waals surface area contributed by atoms with Crippen molar-refractivity contribution in [2.24, 2.45) is 0 Å². The van der Waals surface area contributed by atoms with E-state index in [9.17, 15) is 9.59 Å². The second-order valence-corrected chi connectivity index (χ2v) is 12.0. The van der Waals surface area contributed by atoms with E-state index in [4.69, 9.17) is 26.1 Å². The van der Waals surface area contributed by atoms with Crippen LogP contribution >= 0.6 is 11.6 Å². The molecule has 9 nitrogen and oxygen atoms in total. The molecule has 0 atom stereocenters. The zero-order chi connectivity index (χ0) is 31.9. The van der Waals surface area contributed by atoms with Crippen LogP contribution in [-0.2, 0) is 17.9 Å². The van der Waals surface area contributed by atoms with E-state index in [2.05, 4.69) is 29.7 Å². The van der Waals surface area contributed by atoms with Crippen LogP contribution in [0.4, 0.5) is 0 Å². The van der Waals surface area contributed by atoms with Gasteiger partial charge in [0.15, 0.2) is 6.61 Å². The van der Waals surface area contributed by atoms with E-state index < -0.39 is 0 Å². The summed E-state index contributed by atoms with van der Waals surface area (Å²) < 4.78 is 13.5. The molecule has 3 aromatic carbocycles. The number of para-hydroxylation sites is 2. The summed E-state index contributed by atoms with van der Waals surface area (Å²) in [6.07, 6.45) is -0.0614. The molecule has 1 aliphatic rings. The zero-order valence-corrected chi connectivity index (χ0v) is 27.3. The molecule has 0 radical (unpaired) electrons. The fraction of sp³-hybridized carbons (Fsp3) is 0.400. The summed E-state index contributed by atoms with van der Waals surface area (Å²) in [5.74, 6) is 1.81. The number of nitrogens with zero attached hydrogens (tertiary/aromatic N) is 5. The van der Waals surface area contributed by atoms with Crippen molar-refractivity contribution in [2.45, 2.75) is 46.9 Å². The molecule has 0 spiro atoms. The van der Waals surface area contributed by atoms with Crippen LogP contribution in [0.3, 0.4) is 0 Å². The molecule has 0 aliphatic carbocycles. The molecule has 2 heterocycles. The number of hydrogen-bond donors (Lipinski definition) is 0. The minimum atomic E-state index is -0.121. The van der Waals surface area contributed by atoms with Gasteiger partial charge in [-0.3, -0.25) is 24.0 Å². The highest BCUT2D eigenvalue weighted by molar-refractivity contribution is 6.30. The summed E-state index contributed by atoms with van der Waals surface area (Å²) in [7, 11) is 0. The van der Waals surface area contributed by atoms with Gasteiger partial charge in [0.1, 0.15) is 17.3 Å². The highest BCUT2D eigenvalue weighted by Gasteiger charge is 2.24. The number of halogens is 1. The number of rotatable bonds is 12. The smallest absolute Gasteiger partial charge is 0.266 e. The van der Waals surface area contributed by atoms with Crippen molar-refractivity contribution >= 4 is 28.4 Å². The molecule has 1 fully saturated rings. The lowest BCUT2D eigenvalue weighted by molar-refractivity contribution is -0.135. The molecular weight excluding hydrogens is 590 g/mol. The average Bonchev–Trinajstić information content (AvgIpc) is 3.04. The Morgan fingerprint density at radius 2 is 1.69 bits per heavy atom. The van der Waals surface area contributed by atoms with Crippen LogP contribution in [0, 0.1) is 0 Å². The summed E-state index contributed by atoms with van der Waals surface area (Å²) in [5.41, 5.74) is 2.30. The van der Waals surface area contributed by atoms with Gasteiger partial charge in [0.05, 0.1) is 29.2 Å². The van der Waals surface area contributed by atoms with Crippen molar-refractivity contribution in [2.75, 3.05) is 45.9 Å². The number of amides is 1. The SMILES string of the molecule is CCN(CC)Cc1ccc2nc(CN3CCN(C(=O)COc4ccc(Cl)cc4)CC3)n(-c3ccccc3OC(C)C)c(=O)c2c1. The van der Waals surface area contributed by atoms with Gasteiger partial charge in [-0.05, 0) is 81.0 Å². The molecule has 0 N–H and O–H groups in total. The van der Waals surface area contributed by atoms with Crippen molar-refractivity contribution in [3.05, 3.63) is 93.5 Å². The number of ether oxygens (including phenoxy) is 2. The normalized spacial score (nSPS) is 14.0. The minimum Gasteiger partial charge on any atom is -0.489 e. The van der Waals surface area contributed by atoms with Crippen LogP contribution in [0.25, 0.3) is 16.6 Å². The maximum absolute atomic E-state index is 14.3. The van der Waals surface area contributed by atoms with Gasteiger partial charge < -0.3 is 14.4 Å². The molecule has 1 aromatic heterocycles. The molecule has 0 bridgehead atoms. The monoisotopic (exact) mass is 631 g/mol. The molecule has 5 rings (SSSR count). The number of carbonyl (C=O) groups is 1. The molecule has 1 saturated heterocycles. The Labute approximate surface area is 269 Å². The van der Waals surface area contributed by atoms with E-state index >= 15 is 0 Å². The predicted molar refractivity (Wildman–Crippen MR) is 179 cm³/mol. The third-order valence-electron chi connectivity index (χ3n) is 8.04. The maximum atomic E-state index is 14.3. The van der Waals surface area contributed by atoms with Gasteiger partial charge in [0.2, 0.25) is 0 Å². The second-order valence-electron chi connectivity index (χ2n) is 11.5. The molecule has 1 amide bonds. The van der Waals surface area contributed by atoms with Crippen molar-refractivity contribution in [1.82, 2.24) is 24.3 Å². The molecule has 0 unspecified atom stereocenters. The Kier molecular flexibility index (Phi) is 10.8. The molecule has 0 saturated carbocycles. The van der Waals surface area contributed by atoms with Crippen LogP contribution in [0.2, 0.25) is 5.02 Å². The largest absolute Gasteiger partial charge is 0.489 e. The quantitative estimate of drug-likeness (QED) is 0.207. The van der Waals surface area contributed by atoms with E-state index in [0.717, 1.165) is 25.2 Å². The molecule has 45 heavy (non-hydrogen) atoms. The number of benzene rings is 3. The van der Waals surface area contributed by atoms with Crippen LogP contribution in [0.15, 0.2) is 71.5 Å². The standard InChI is InChI=1S/C35H42ClN5O4/c1-5-38(6-2)22-26-11-16-30-29(21-26)35(43)41(31-9-7-8-10-32(31)45-25(3)4)33(37-30)23-39-17-19-40(20-18-39)34(42)24-44-28-14-12-27(36)13-15-28/h7-16,21,25H,5-6,17-20,22-24H2,1-4H3. The van der Waals surface area contributed by atoms with E-state index in [-0.39, 0.29) is 24.2 Å². The number of aromatic nitrogens is 2. The number of hydrogen-bond acceptors (Lipinski definition) is 7. The van der Waals surface area contributed by atoms with Gasteiger partial charge in [-0.25, -0.2) is 4.98 Å². The molecule has 10 heteroatoms. The van der Waals surface area contributed by atoms with Crippen molar-refractivity contribution in [3.8, 4) is 17.2 Å². The maximum Gasteiger partial charge on any atom is 0.266 e. The Morgan fingerprint density at radius 3 is 2.38 bits per heavy atom. The van der Waals surface area contributed by atoms with Crippen LogP contribution in [0.5, 0.6) is 11.5 Å². The lowest BCUT2D eigenvalue weighted by Crippen LogP contribution is -2.50. The Hall–Kier alpha value is -3.92. The summed E-state index contributed by atoms with van der Waals surface area (Å²) in [6.45, 7) is 13.7. The molecule has 238 valence electrons. The fourth-order valence-electron chi connectivity index (χ4n) is 5.56. The summed E-state index contributed by atoms with van der Waals surface area (Å²) in [4.78, 5) is 38.6. The second kappa shape index (κ2) is 14.9. The summed E-state index contributed by atoms with van der Waals surface area (Å²) in [6, 6.07) is 20.6. The number of piperazine rings is 1. The fourth-order valence-corrected chi connectivity index (χ4v) is 5.68. The molecule has 1 aliphatic heterocycles. The lowest BCUT2D eigenvalue weighted by Gasteiger charge is -2.34. The third kappa shape index (κ3) is 8.03. The minimum absolute atomic E-state index is 0.0314. The molecular formula is C35H42ClN5O4. The lowest BCUT2D eigenvalue weighted by atomic mass is 10.1. The van der Waals surface area contributed by atoms with Gasteiger partial charge in [-0.1, -0.05) is 43.6 Å². The van der Waals surface area contributed by atoms with E-state index in [1.54, 1.807) is 28.8 Å². The van der Waals surface area contributed by atoms with E-state index in [0.29, 0.717) is 71.7 Å². The van der Waals surface area contributed by atoms with Crippen LogP contribution in [0.1, 0.15) is 39.1 Å². The van der Waals surface area contributed by atoms with Gasteiger partial charge in [0.25, 0.3) is 11.5 Å². The highest BCUT2D eigenvalue weighted by atomic mass is 35.5. The van der Waals surface area contributed by atoms with Gasteiger partial charge in [0, 0.05) is 37.7 Å². The van der Waals surface area contributed by atoms with E-state index in [1.165, 1.54) is 0 Å². The Morgan fingerprint density at radius 1 is 0.978 bits per heavy atom.